The molecule has 0 N–H and O–H groups in total. The normalized spacial score (nSPS) is 18.1. The van der Waals surface area contributed by atoms with Crippen molar-refractivity contribution < 1.29 is 14.3 Å². The van der Waals surface area contributed by atoms with Crippen molar-refractivity contribution in [2.24, 2.45) is 0 Å². The molecule has 2 rings (SSSR count). The van der Waals surface area contributed by atoms with Crippen molar-refractivity contribution in [1.29, 1.82) is 0 Å². The number of carbonyl (C=O) groups is 2. The highest BCUT2D eigenvalue weighted by Crippen LogP contribution is 2.18. The van der Waals surface area contributed by atoms with E-state index < -0.39 is 11.6 Å². The number of unbranched alkanes of at least 4 members (excludes halogenated alkanes) is 2. The van der Waals surface area contributed by atoms with Gasteiger partial charge in [-0.15, -0.1) is 0 Å². The fraction of sp³-hybridized carbons (Fsp3) is 0.467. The average Bonchev–Trinajstić information content (AvgIpc) is 2.79. The van der Waals surface area contributed by atoms with Crippen LogP contribution in [0.1, 0.15) is 31.2 Å². The molecule has 4 nitrogen and oxygen atoms in total. The van der Waals surface area contributed by atoms with Crippen molar-refractivity contribution in [3.8, 4) is 0 Å². The Morgan fingerprint density at radius 3 is 2.65 bits per heavy atom. The number of imide groups is 1. The summed E-state index contributed by atoms with van der Waals surface area (Å²) in [6.07, 6.45) is 3.48. The molecule has 1 aliphatic rings. The molecule has 1 heterocycles. The first kappa shape index (κ1) is 14.9. The Morgan fingerprint density at radius 1 is 1.25 bits per heavy atom. The first-order valence-corrected chi connectivity index (χ1v) is 7.29. The van der Waals surface area contributed by atoms with Crippen LogP contribution in [0.25, 0.3) is 0 Å². The van der Waals surface area contributed by atoms with Crippen LogP contribution in [-0.2, 0) is 16.0 Å². The van der Waals surface area contributed by atoms with Crippen LogP contribution in [0.3, 0.4) is 0 Å². The molecular formula is C15H18ClNO3. The van der Waals surface area contributed by atoms with E-state index in [1.807, 2.05) is 18.2 Å². The van der Waals surface area contributed by atoms with E-state index in [2.05, 4.69) is 12.1 Å². The first-order chi connectivity index (χ1) is 9.68. The highest BCUT2D eigenvalue weighted by molar-refractivity contribution is 6.23. The largest absolute Gasteiger partial charge is 0.446 e. The number of hydrogen-bond acceptors (Lipinski definition) is 3. The molecule has 20 heavy (non-hydrogen) atoms. The summed E-state index contributed by atoms with van der Waals surface area (Å²) in [5.41, 5.74) is 0.655. The zero-order valence-electron chi connectivity index (χ0n) is 11.3. The maximum absolute atomic E-state index is 11.8. The Morgan fingerprint density at radius 2 is 2.00 bits per heavy atom. The number of nitrogens with zero attached hydrogens (tertiary/aromatic N) is 1. The molecule has 1 aliphatic heterocycles. The monoisotopic (exact) mass is 295 g/mol. The van der Waals surface area contributed by atoms with E-state index in [4.69, 9.17) is 16.3 Å². The summed E-state index contributed by atoms with van der Waals surface area (Å²) in [5, 5.41) is 0. The molecule has 1 unspecified atom stereocenters. The third kappa shape index (κ3) is 3.97. The second kappa shape index (κ2) is 7.29. The van der Waals surface area contributed by atoms with Crippen molar-refractivity contribution in [3.05, 3.63) is 35.9 Å². The Kier molecular flexibility index (Phi) is 5.41. The van der Waals surface area contributed by atoms with Crippen LogP contribution in [-0.4, -0.2) is 29.0 Å². The van der Waals surface area contributed by atoms with Gasteiger partial charge in [-0.25, -0.2) is 9.69 Å². The highest BCUT2D eigenvalue weighted by Gasteiger charge is 2.35. The molecule has 1 fully saturated rings. The van der Waals surface area contributed by atoms with E-state index in [1.54, 1.807) is 0 Å². The summed E-state index contributed by atoms with van der Waals surface area (Å²) >= 11 is 5.85. The number of cyclic esters (lactones) is 1. The number of benzene rings is 1. The van der Waals surface area contributed by atoms with Gasteiger partial charge in [-0.05, 0) is 24.8 Å². The van der Waals surface area contributed by atoms with Gasteiger partial charge in [0.15, 0.2) is 5.50 Å². The van der Waals surface area contributed by atoms with E-state index in [0.29, 0.717) is 6.42 Å². The molecule has 0 saturated carbocycles. The standard InChI is InChI=1S/C15H18ClNO3/c16-13-11-20-15(19)17(13)14(18)10-6-2-5-9-12-7-3-1-4-8-12/h1,3-4,7-8,13H,2,5-6,9-11H2. The molecule has 5 heteroatoms. The Balaban J connectivity index is 1.64. The smallest absolute Gasteiger partial charge is 0.418 e. The molecule has 0 spiro atoms. The number of hydrogen-bond donors (Lipinski definition) is 0. The zero-order chi connectivity index (χ0) is 14.4. The van der Waals surface area contributed by atoms with Crippen LogP contribution in [0.4, 0.5) is 4.79 Å². The lowest BCUT2D eigenvalue weighted by atomic mass is 10.1. The molecule has 1 atom stereocenters. The van der Waals surface area contributed by atoms with Crippen LogP contribution in [0, 0.1) is 0 Å². The van der Waals surface area contributed by atoms with Crippen molar-refractivity contribution in [3.63, 3.8) is 0 Å². The third-order valence-corrected chi connectivity index (χ3v) is 3.61. The van der Waals surface area contributed by atoms with Crippen LogP contribution >= 0.6 is 11.6 Å². The summed E-state index contributed by atoms with van der Waals surface area (Å²) in [7, 11) is 0. The molecule has 0 bridgehead atoms. The number of carbonyl (C=O) groups excluding carboxylic acids is 2. The van der Waals surface area contributed by atoms with Gasteiger partial charge in [0.2, 0.25) is 5.91 Å². The van der Waals surface area contributed by atoms with Crippen LogP contribution < -0.4 is 0 Å². The summed E-state index contributed by atoms with van der Waals surface area (Å²) in [4.78, 5) is 24.2. The first-order valence-electron chi connectivity index (χ1n) is 6.85. The number of aryl methyl sites for hydroxylation is 1. The number of rotatable bonds is 6. The van der Waals surface area contributed by atoms with Gasteiger partial charge in [-0.1, -0.05) is 48.4 Å². The number of halogens is 1. The molecule has 0 aliphatic carbocycles. The summed E-state index contributed by atoms with van der Waals surface area (Å²) in [5.74, 6) is -0.243. The van der Waals surface area contributed by atoms with Gasteiger partial charge >= 0.3 is 6.09 Å². The topological polar surface area (TPSA) is 46.6 Å². The molecule has 1 saturated heterocycles. The predicted octanol–water partition coefficient (Wildman–Crippen LogP) is 3.33. The number of amides is 2. The number of ether oxygens (including phenoxy) is 1. The molecule has 1 aromatic carbocycles. The van der Waals surface area contributed by atoms with E-state index in [9.17, 15) is 9.59 Å². The SMILES string of the molecule is O=C(CCCCCc1ccccc1)N1C(=O)OCC1Cl. The summed E-state index contributed by atoms with van der Waals surface area (Å²) in [6.45, 7) is 0.0835. The maximum Gasteiger partial charge on any atom is 0.418 e. The van der Waals surface area contributed by atoms with Gasteiger partial charge in [-0.3, -0.25) is 4.79 Å². The van der Waals surface area contributed by atoms with Crippen LogP contribution in [0.5, 0.6) is 0 Å². The maximum atomic E-state index is 11.8. The average molecular weight is 296 g/mol. The van der Waals surface area contributed by atoms with E-state index in [0.717, 1.165) is 30.6 Å². The van der Waals surface area contributed by atoms with Gasteiger partial charge in [0.25, 0.3) is 0 Å². The van der Waals surface area contributed by atoms with Crippen molar-refractivity contribution >= 4 is 23.6 Å². The lowest BCUT2D eigenvalue weighted by Gasteiger charge is -2.13. The third-order valence-electron chi connectivity index (χ3n) is 3.29. The summed E-state index contributed by atoms with van der Waals surface area (Å²) < 4.78 is 4.72. The van der Waals surface area contributed by atoms with Gasteiger partial charge < -0.3 is 4.74 Å². The van der Waals surface area contributed by atoms with Gasteiger partial charge in [-0.2, -0.15) is 0 Å². The van der Waals surface area contributed by atoms with E-state index in [1.165, 1.54) is 5.56 Å². The van der Waals surface area contributed by atoms with Gasteiger partial charge in [0, 0.05) is 6.42 Å². The lowest BCUT2D eigenvalue weighted by Crippen LogP contribution is -2.35. The van der Waals surface area contributed by atoms with E-state index >= 15 is 0 Å². The summed E-state index contributed by atoms with van der Waals surface area (Å²) in [6, 6.07) is 10.3. The van der Waals surface area contributed by atoms with Crippen LogP contribution in [0.15, 0.2) is 30.3 Å². The molecule has 0 radical (unpaired) electrons. The molecule has 2 amide bonds. The van der Waals surface area contributed by atoms with Crippen molar-refractivity contribution in [2.45, 2.75) is 37.6 Å². The van der Waals surface area contributed by atoms with Crippen molar-refractivity contribution in [2.75, 3.05) is 6.61 Å². The fourth-order valence-electron chi connectivity index (χ4n) is 2.20. The molecule has 1 aromatic rings. The molecular weight excluding hydrogens is 278 g/mol. The highest BCUT2D eigenvalue weighted by atomic mass is 35.5. The second-order valence-corrected chi connectivity index (χ2v) is 5.33. The Hall–Kier alpha value is -1.55. The minimum Gasteiger partial charge on any atom is -0.446 e. The predicted molar refractivity (Wildman–Crippen MR) is 76.4 cm³/mol. The van der Waals surface area contributed by atoms with Crippen molar-refractivity contribution in [1.82, 2.24) is 4.90 Å². The Labute approximate surface area is 123 Å². The van der Waals surface area contributed by atoms with Crippen LogP contribution in [0.2, 0.25) is 0 Å². The Bertz CT molecular complexity index is 463. The minimum absolute atomic E-state index is 0.0835. The fourth-order valence-corrected chi connectivity index (χ4v) is 2.46. The quantitative estimate of drug-likeness (QED) is 0.459. The molecule has 0 aromatic heterocycles. The van der Waals surface area contributed by atoms with Gasteiger partial charge in [0.1, 0.15) is 6.61 Å². The second-order valence-electron chi connectivity index (χ2n) is 4.82. The number of alkyl halides is 1. The minimum atomic E-state index is -0.653. The van der Waals surface area contributed by atoms with E-state index in [-0.39, 0.29) is 12.5 Å². The molecule has 108 valence electrons. The zero-order valence-corrected chi connectivity index (χ0v) is 12.0. The van der Waals surface area contributed by atoms with Gasteiger partial charge in [0.05, 0.1) is 0 Å². The lowest BCUT2D eigenvalue weighted by molar-refractivity contribution is -0.128.